The van der Waals surface area contributed by atoms with Crippen molar-refractivity contribution in [3.63, 3.8) is 0 Å². The molecule has 5 nitrogen and oxygen atoms in total. The molecule has 180 valence electrons. The fraction of sp³-hybridized carbons (Fsp3) is 0.429. The number of halogens is 6. The second kappa shape index (κ2) is 8.07. The molecule has 1 fully saturated rings. The first-order valence-electron chi connectivity index (χ1n) is 9.95. The van der Waals surface area contributed by atoms with E-state index < -0.39 is 57.3 Å². The van der Waals surface area contributed by atoms with E-state index in [2.05, 4.69) is 0 Å². The van der Waals surface area contributed by atoms with Gasteiger partial charge in [0.2, 0.25) is 0 Å². The molecule has 2 aliphatic rings. The Morgan fingerprint density at radius 3 is 2.39 bits per heavy atom. The molecule has 1 aliphatic carbocycles. The first-order chi connectivity index (χ1) is 15.3. The van der Waals surface area contributed by atoms with E-state index in [0.717, 1.165) is 12.1 Å². The molecule has 33 heavy (non-hydrogen) atoms. The van der Waals surface area contributed by atoms with Gasteiger partial charge in [0.1, 0.15) is 18.0 Å². The van der Waals surface area contributed by atoms with Gasteiger partial charge in [-0.1, -0.05) is 23.7 Å². The lowest BCUT2D eigenvalue weighted by Gasteiger charge is -2.55. The normalized spacial score (nSPS) is 27.4. The molecule has 12 heteroatoms. The number of benzene rings is 2. The Labute approximate surface area is 191 Å². The van der Waals surface area contributed by atoms with Crippen molar-refractivity contribution >= 4 is 21.6 Å². The minimum atomic E-state index is -5.67. The van der Waals surface area contributed by atoms with E-state index in [4.69, 9.17) is 16.3 Å². The maximum absolute atomic E-state index is 15.1. The van der Waals surface area contributed by atoms with Crippen molar-refractivity contribution in [1.82, 2.24) is 4.72 Å². The molecule has 1 saturated carbocycles. The first-order valence-corrected chi connectivity index (χ1v) is 11.8. The van der Waals surface area contributed by atoms with Crippen LogP contribution in [-0.4, -0.2) is 37.3 Å². The second-order valence-electron chi connectivity index (χ2n) is 8.45. The van der Waals surface area contributed by atoms with E-state index in [1.807, 2.05) is 0 Å². The summed E-state index contributed by atoms with van der Waals surface area (Å²) in [5.41, 5.74) is -8.61. The summed E-state index contributed by atoms with van der Waals surface area (Å²) in [7, 11) is -5.67. The average Bonchev–Trinajstić information content (AvgIpc) is 2.71. The van der Waals surface area contributed by atoms with Crippen molar-refractivity contribution in [2.45, 2.75) is 48.2 Å². The third kappa shape index (κ3) is 4.09. The molecule has 2 aromatic rings. The summed E-state index contributed by atoms with van der Waals surface area (Å²) < 4.78 is 98.4. The number of rotatable bonds is 4. The molecule has 0 aromatic heterocycles. The molecule has 2 N–H and O–H groups in total. The largest absolute Gasteiger partial charge is 0.511 e. The summed E-state index contributed by atoms with van der Waals surface area (Å²) in [5, 5.41) is 12.1. The maximum Gasteiger partial charge on any atom is 0.511 e. The number of alkyl halides is 3. The van der Waals surface area contributed by atoms with E-state index >= 15 is 4.39 Å². The Morgan fingerprint density at radius 1 is 1.12 bits per heavy atom. The van der Waals surface area contributed by atoms with Crippen LogP contribution in [0.2, 0.25) is 5.02 Å². The third-order valence-electron chi connectivity index (χ3n) is 6.43. The smallest absolute Gasteiger partial charge is 0.487 e. The van der Waals surface area contributed by atoms with E-state index in [0.29, 0.717) is 10.6 Å². The molecule has 0 saturated heterocycles. The molecule has 2 aromatic carbocycles. The van der Waals surface area contributed by atoms with Gasteiger partial charge in [0.05, 0.1) is 0 Å². The SMILES string of the molecule is O=S(=O)(N[C@@H]1CC[C@@]2(Cc3ccc(Cl)cc3)c3c(F)ccc(F)c3OC[C@@]2(O)C1)C(F)(F)F. The van der Waals surface area contributed by atoms with Crippen LogP contribution >= 0.6 is 11.6 Å². The Kier molecular flexibility index (Phi) is 5.92. The van der Waals surface area contributed by atoms with Crippen LogP contribution in [0.3, 0.4) is 0 Å². The first kappa shape index (κ1) is 24.2. The zero-order chi connectivity index (χ0) is 24.2. The summed E-state index contributed by atoms with van der Waals surface area (Å²) in [6, 6.07) is 6.94. The fourth-order valence-corrected chi connectivity index (χ4v) is 5.80. The van der Waals surface area contributed by atoms with Gasteiger partial charge < -0.3 is 9.84 Å². The predicted octanol–water partition coefficient (Wildman–Crippen LogP) is 4.21. The number of ether oxygens (including phenoxy) is 1. The Morgan fingerprint density at radius 2 is 1.76 bits per heavy atom. The second-order valence-corrected chi connectivity index (χ2v) is 10.6. The Balaban J connectivity index is 1.79. The van der Waals surface area contributed by atoms with Crippen LogP contribution in [0.5, 0.6) is 5.75 Å². The monoisotopic (exact) mass is 511 g/mol. The number of hydrogen-bond acceptors (Lipinski definition) is 4. The number of nitrogens with one attached hydrogen (secondary N) is 1. The molecule has 0 bridgehead atoms. The van der Waals surface area contributed by atoms with Crippen molar-refractivity contribution in [2.75, 3.05) is 6.61 Å². The van der Waals surface area contributed by atoms with Crippen LogP contribution in [-0.2, 0) is 21.9 Å². The molecule has 1 heterocycles. The van der Waals surface area contributed by atoms with Crippen LogP contribution in [0.1, 0.15) is 30.4 Å². The predicted molar refractivity (Wildman–Crippen MR) is 109 cm³/mol. The van der Waals surface area contributed by atoms with Gasteiger partial charge in [-0.3, -0.25) is 0 Å². The lowest BCUT2D eigenvalue weighted by atomic mass is 9.55. The minimum absolute atomic E-state index is 0.00383. The molecule has 0 unspecified atom stereocenters. The number of fused-ring (bicyclic) bond motifs is 3. The zero-order valence-corrected chi connectivity index (χ0v) is 18.5. The lowest BCUT2D eigenvalue weighted by Crippen LogP contribution is -2.65. The maximum atomic E-state index is 15.1. The van der Waals surface area contributed by atoms with E-state index in [-0.39, 0.29) is 30.6 Å². The highest BCUT2D eigenvalue weighted by molar-refractivity contribution is 7.90. The van der Waals surface area contributed by atoms with Gasteiger partial charge in [0, 0.05) is 22.0 Å². The molecule has 0 amide bonds. The Hall–Kier alpha value is -1.95. The van der Waals surface area contributed by atoms with E-state index in [1.165, 1.54) is 0 Å². The van der Waals surface area contributed by atoms with Gasteiger partial charge >= 0.3 is 15.5 Å². The highest BCUT2D eigenvalue weighted by atomic mass is 35.5. The van der Waals surface area contributed by atoms with Gasteiger partial charge in [0.25, 0.3) is 0 Å². The highest BCUT2D eigenvalue weighted by Crippen LogP contribution is 2.55. The number of hydrogen-bond donors (Lipinski definition) is 2. The van der Waals surface area contributed by atoms with Gasteiger partial charge in [0.15, 0.2) is 11.6 Å². The Bertz CT molecular complexity index is 1170. The van der Waals surface area contributed by atoms with Crippen molar-refractivity contribution in [3.8, 4) is 5.75 Å². The zero-order valence-electron chi connectivity index (χ0n) is 16.9. The van der Waals surface area contributed by atoms with Gasteiger partial charge in [-0.25, -0.2) is 21.9 Å². The molecular weight excluding hydrogens is 493 g/mol. The number of aliphatic hydroxyl groups is 1. The van der Waals surface area contributed by atoms with Crippen molar-refractivity contribution in [2.24, 2.45) is 0 Å². The number of sulfonamides is 1. The minimum Gasteiger partial charge on any atom is -0.487 e. The van der Waals surface area contributed by atoms with Gasteiger partial charge in [-0.05, 0) is 55.5 Å². The van der Waals surface area contributed by atoms with Gasteiger partial charge in [-0.15, -0.1) is 0 Å². The van der Waals surface area contributed by atoms with Crippen LogP contribution < -0.4 is 9.46 Å². The van der Waals surface area contributed by atoms with Crippen molar-refractivity contribution < 1.29 is 40.2 Å². The summed E-state index contributed by atoms with van der Waals surface area (Å²) in [4.78, 5) is 0. The average molecular weight is 512 g/mol. The lowest BCUT2D eigenvalue weighted by molar-refractivity contribution is -0.120. The van der Waals surface area contributed by atoms with E-state index in [9.17, 15) is 31.1 Å². The van der Waals surface area contributed by atoms with E-state index in [1.54, 1.807) is 29.0 Å². The van der Waals surface area contributed by atoms with Gasteiger partial charge in [-0.2, -0.15) is 13.2 Å². The van der Waals surface area contributed by atoms with Crippen molar-refractivity contribution in [1.29, 1.82) is 0 Å². The quantitative estimate of drug-likeness (QED) is 0.603. The summed E-state index contributed by atoms with van der Waals surface area (Å²) in [6.07, 6.45) is -0.782. The molecular formula is C21H19ClF5NO4S. The molecule has 3 atom stereocenters. The molecule has 1 aliphatic heterocycles. The molecule has 0 spiro atoms. The molecule has 0 radical (unpaired) electrons. The van der Waals surface area contributed by atoms with Crippen LogP contribution in [0.25, 0.3) is 0 Å². The summed E-state index contributed by atoms with van der Waals surface area (Å²) >= 11 is 5.93. The fourth-order valence-electron chi connectivity index (χ4n) is 4.90. The standard InChI is InChI=1S/C21H19ClF5NO4S/c22-13-3-1-12(2-4-13)9-19-8-7-14(28-33(30,31)21(25,26)27)10-20(19,29)11-32-18-16(24)6-5-15(23)17(18)19/h1-6,14,28-29H,7-11H2/t14-,19-,20+/m1/s1. The summed E-state index contributed by atoms with van der Waals surface area (Å²) in [6.45, 7) is -0.557. The third-order valence-corrected chi connectivity index (χ3v) is 7.94. The molecule has 4 rings (SSSR count). The topological polar surface area (TPSA) is 75.6 Å². The van der Waals surface area contributed by atoms with Crippen LogP contribution in [0.15, 0.2) is 36.4 Å². The van der Waals surface area contributed by atoms with Crippen molar-refractivity contribution in [3.05, 3.63) is 64.2 Å². The van der Waals surface area contributed by atoms with Crippen LogP contribution in [0.4, 0.5) is 22.0 Å². The highest BCUT2D eigenvalue weighted by Gasteiger charge is 2.61. The summed E-state index contributed by atoms with van der Waals surface area (Å²) in [5.74, 6) is -2.06. The van der Waals surface area contributed by atoms with Crippen LogP contribution in [0, 0.1) is 11.6 Å².